The molecule has 0 fully saturated rings. The first-order chi connectivity index (χ1) is 9.51. The van der Waals surface area contributed by atoms with Crippen LogP contribution in [-0.2, 0) is 6.42 Å². The first-order valence-corrected chi connectivity index (χ1v) is 6.54. The Kier molecular flexibility index (Phi) is 4.08. The lowest BCUT2D eigenvalue weighted by Crippen LogP contribution is -2.08. The Labute approximate surface area is 119 Å². The monoisotopic (exact) mass is 269 g/mol. The number of rotatable bonds is 4. The minimum atomic E-state index is 0.0267. The van der Waals surface area contributed by atoms with E-state index in [1.165, 1.54) is 0 Å². The number of Topliss-reactive ketones (excluding diaryl/α,β-unsaturated/α-hetero) is 1. The quantitative estimate of drug-likeness (QED) is 0.684. The molecule has 0 unspecified atom stereocenters. The Balaban J connectivity index is 2.26. The number of hydrogen-bond acceptors (Lipinski definition) is 3. The van der Waals surface area contributed by atoms with Crippen LogP contribution in [0.15, 0.2) is 36.4 Å². The van der Waals surface area contributed by atoms with Crippen LogP contribution in [0.1, 0.15) is 27.0 Å². The van der Waals surface area contributed by atoms with E-state index in [4.69, 9.17) is 10.5 Å². The van der Waals surface area contributed by atoms with Gasteiger partial charge in [0.2, 0.25) is 0 Å². The van der Waals surface area contributed by atoms with Crippen LogP contribution in [0.2, 0.25) is 0 Å². The number of ether oxygens (including phenoxy) is 1. The minimum absolute atomic E-state index is 0.0267. The van der Waals surface area contributed by atoms with Gasteiger partial charge < -0.3 is 10.5 Å². The van der Waals surface area contributed by atoms with Gasteiger partial charge >= 0.3 is 0 Å². The van der Waals surface area contributed by atoms with Crippen LogP contribution in [-0.4, -0.2) is 12.9 Å². The van der Waals surface area contributed by atoms with Crippen LogP contribution in [0, 0.1) is 13.8 Å². The number of hydrogen-bond donors (Lipinski definition) is 1. The van der Waals surface area contributed by atoms with Crippen LogP contribution in [0.4, 0.5) is 5.69 Å². The zero-order valence-electron chi connectivity index (χ0n) is 12.1. The molecule has 0 saturated heterocycles. The number of anilines is 1. The molecular weight excluding hydrogens is 250 g/mol. The van der Waals surface area contributed by atoms with Gasteiger partial charge in [0, 0.05) is 23.7 Å². The largest absolute Gasteiger partial charge is 0.497 e. The fourth-order valence-electron chi connectivity index (χ4n) is 2.18. The normalized spacial score (nSPS) is 10.3. The van der Waals surface area contributed by atoms with E-state index in [0.29, 0.717) is 23.4 Å². The summed E-state index contributed by atoms with van der Waals surface area (Å²) in [5.41, 5.74) is 10.2. The molecule has 0 bridgehead atoms. The lowest BCUT2D eigenvalue weighted by Gasteiger charge is -2.09. The van der Waals surface area contributed by atoms with Crippen LogP contribution in [0.25, 0.3) is 0 Å². The van der Waals surface area contributed by atoms with Gasteiger partial charge in [-0.15, -0.1) is 0 Å². The Morgan fingerprint density at radius 3 is 2.55 bits per heavy atom. The molecule has 0 radical (unpaired) electrons. The summed E-state index contributed by atoms with van der Waals surface area (Å²) in [6, 6.07) is 11.3. The van der Waals surface area contributed by atoms with Gasteiger partial charge in [-0.05, 0) is 37.1 Å². The number of carbonyl (C=O) groups is 1. The SMILES string of the molecule is COc1ccc(C(=O)Cc2cc(C)ccc2C)c(N)c1. The van der Waals surface area contributed by atoms with Gasteiger partial charge in [-0.3, -0.25) is 4.79 Å². The smallest absolute Gasteiger partial charge is 0.169 e. The van der Waals surface area contributed by atoms with Crippen molar-refractivity contribution in [1.29, 1.82) is 0 Å². The van der Waals surface area contributed by atoms with Crippen molar-refractivity contribution in [1.82, 2.24) is 0 Å². The molecule has 2 rings (SSSR count). The molecule has 0 aromatic heterocycles. The molecule has 0 amide bonds. The van der Waals surface area contributed by atoms with Gasteiger partial charge in [0.15, 0.2) is 5.78 Å². The van der Waals surface area contributed by atoms with E-state index in [0.717, 1.165) is 16.7 Å². The Hall–Kier alpha value is -2.29. The first-order valence-electron chi connectivity index (χ1n) is 6.54. The molecule has 2 aromatic rings. The summed E-state index contributed by atoms with van der Waals surface area (Å²) in [5.74, 6) is 0.685. The van der Waals surface area contributed by atoms with Gasteiger partial charge in [0.05, 0.1) is 7.11 Å². The molecule has 0 aliphatic heterocycles. The third-order valence-electron chi connectivity index (χ3n) is 3.41. The fourth-order valence-corrected chi connectivity index (χ4v) is 2.18. The molecule has 0 aliphatic carbocycles. The number of ketones is 1. The van der Waals surface area contributed by atoms with Crippen molar-refractivity contribution >= 4 is 11.5 Å². The molecule has 20 heavy (non-hydrogen) atoms. The maximum Gasteiger partial charge on any atom is 0.169 e. The molecular formula is C17H19NO2. The topological polar surface area (TPSA) is 52.3 Å². The van der Waals surface area contributed by atoms with Gasteiger partial charge in [0.25, 0.3) is 0 Å². The average Bonchev–Trinajstić information content (AvgIpc) is 2.42. The van der Waals surface area contributed by atoms with Crippen molar-refractivity contribution in [3.63, 3.8) is 0 Å². The summed E-state index contributed by atoms with van der Waals surface area (Å²) in [7, 11) is 1.58. The molecule has 0 heterocycles. The van der Waals surface area contributed by atoms with Gasteiger partial charge in [-0.25, -0.2) is 0 Å². The number of nitrogen functional groups attached to an aromatic ring is 1. The highest BCUT2D eigenvalue weighted by Gasteiger charge is 2.12. The van der Waals surface area contributed by atoms with Crippen molar-refractivity contribution in [2.45, 2.75) is 20.3 Å². The predicted molar refractivity (Wildman–Crippen MR) is 81.4 cm³/mol. The standard InChI is InChI=1S/C17H19NO2/c1-11-4-5-12(2)13(8-11)9-17(19)15-7-6-14(20-3)10-16(15)18/h4-8,10H,9,18H2,1-3H3. The van der Waals surface area contributed by atoms with Crippen molar-refractivity contribution in [3.8, 4) is 5.75 Å². The number of methoxy groups -OCH3 is 1. The lowest BCUT2D eigenvalue weighted by molar-refractivity contribution is 0.0993. The summed E-state index contributed by atoms with van der Waals surface area (Å²) < 4.78 is 5.09. The second-order valence-electron chi connectivity index (χ2n) is 4.98. The molecule has 0 atom stereocenters. The van der Waals surface area contributed by atoms with Crippen LogP contribution >= 0.6 is 0 Å². The molecule has 2 aromatic carbocycles. The van der Waals surface area contributed by atoms with Gasteiger partial charge in [-0.1, -0.05) is 23.8 Å². The van der Waals surface area contributed by atoms with Crippen molar-refractivity contribution < 1.29 is 9.53 Å². The highest BCUT2D eigenvalue weighted by Crippen LogP contribution is 2.22. The summed E-state index contributed by atoms with van der Waals surface area (Å²) in [4.78, 5) is 12.4. The van der Waals surface area contributed by atoms with Crippen LogP contribution < -0.4 is 10.5 Å². The number of carbonyl (C=O) groups excluding carboxylic acids is 1. The summed E-state index contributed by atoms with van der Waals surface area (Å²) >= 11 is 0. The molecule has 0 saturated carbocycles. The fraction of sp³-hybridized carbons (Fsp3) is 0.235. The van der Waals surface area contributed by atoms with E-state index in [-0.39, 0.29) is 5.78 Å². The van der Waals surface area contributed by atoms with E-state index in [2.05, 4.69) is 0 Å². The van der Waals surface area contributed by atoms with Gasteiger partial charge in [0.1, 0.15) is 5.75 Å². The zero-order chi connectivity index (χ0) is 14.7. The third kappa shape index (κ3) is 2.99. The average molecular weight is 269 g/mol. The molecule has 0 aliphatic rings. The predicted octanol–water partition coefficient (Wildman–Crippen LogP) is 3.32. The molecule has 3 heteroatoms. The Morgan fingerprint density at radius 2 is 1.90 bits per heavy atom. The Morgan fingerprint density at radius 1 is 1.15 bits per heavy atom. The molecule has 0 spiro atoms. The van der Waals surface area contributed by atoms with Crippen LogP contribution in [0.3, 0.4) is 0 Å². The first kappa shape index (κ1) is 14.1. The maximum atomic E-state index is 12.4. The van der Waals surface area contributed by atoms with Crippen molar-refractivity contribution in [2.24, 2.45) is 0 Å². The second-order valence-corrected chi connectivity index (χ2v) is 4.98. The molecule has 2 N–H and O–H groups in total. The zero-order valence-corrected chi connectivity index (χ0v) is 12.1. The minimum Gasteiger partial charge on any atom is -0.497 e. The summed E-state index contributed by atoms with van der Waals surface area (Å²) in [5, 5.41) is 0. The number of benzene rings is 2. The lowest BCUT2D eigenvalue weighted by atomic mass is 9.97. The van der Waals surface area contributed by atoms with Crippen molar-refractivity contribution in [2.75, 3.05) is 12.8 Å². The van der Waals surface area contributed by atoms with E-state index >= 15 is 0 Å². The highest BCUT2D eigenvalue weighted by molar-refractivity contribution is 6.02. The maximum absolute atomic E-state index is 12.4. The highest BCUT2D eigenvalue weighted by atomic mass is 16.5. The molecule has 104 valence electrons. The van der Waals surface area contributed by atoms with E-state index in [1.807, 2.05) is 32.0 Å². The summed E-state index contributed by atoms with van der Waals surface area (Å²) in [6.07, 6.45) is 0.365. The third-order valence-corrected chi connectivity index (χ3v) is 3.41. The Bertz CT molecular complexity index is 647. The van der Waals surface area contributed by atoms with Crippen LogP contribution in [0.5, 0.6) is 5.75 Å². The molecule has 3 nitrogen and oxygen atoms in total. The van der Waals surface area contributed by atoms with Crippen molar-refractivity contribution in [3.05, 3.63) is 58.7 Å². The second kappa shape index (κ2) is 5.78. The van der Waals surface area contributed by atoms with Gasteiger partial charge in [-0.2, -0.15) is 0 Å². The number of aryl methyl sites for hydroxylation is 2. The van der Waals surface area contributed by atoms with E-state index in [9.17, 15) is 4.79 Å². The summed E-state index contributed by atoms with van der Waals surface area (Å²) in [6.45, 7) is 4.04. The van der Waals surface area contributed by atoms with E-state index in [1.54, 1.807) is 25.3 Å². The number of nitrogens with two attached hydrogens (primary N) is 1. The van der Waals surface area contributed by atoms with E-state index < -0.39 is 0 Å².